The zero-order valence-electron chi connectivity index (χ0n) is 19.5. The van der Waals surface area contributed by atoms with E-state index in [-0.39, 0.29) is 0 Å². The van der Waals surface area contributed by atoms with Gasteiger partial charge < -0.3 is 0 Å². The van der Waals surface area contributed by atoms with Crippen LogP contribution in [0.25, 0.3) is 0 Å². The van der Waals surface area contributed by atoms with Crippen LogP contribution in [0.1, 0.15) is 128 Å². The lowest BCUT2D eigenvalue weighted by Gasteiger charge is -2.38. The molecule has 0 radical (unpaired) electrons. The molecule has 3 unspecified atom stereocenters. The van der Waals surface area contributed by atoms with Crippen LogP contribution >= 0.6 is 0 Å². The van der Waals surface area contributed by atoms with Gasteiger partial charge in [0.1, 0.15) is 0 Å². The molecule has 0 aromatic rings. The van der Waals surface area contributed by atoms with Gasteiger partial charge in [-0.2, -0.15) is 0 Å². The first-order valence-corrected chi connectivity index (χ1v) is 11.4. The molecule has 0 heterocycles. The SMILES string of the molecule is CC.CC.CCC(C)CC(C)CC(C)C1CC(C)C1.CCCCC. The molecule has 0 saturated heterocycles. The van der Waals surface area contributed by atoms with E-state index in [2.05, 4.69) is 48.5 Å². The molecule has 0 amide bonds. The molecule has 24 heavy (non-hydrogen) atoms. The predicted molar refractivity (Wildman–Crippen MR) is 117 cm³/mol. The van der Waals surface area contributed by atoms with Crippen molar-refractivity contribution >= 4 is 0 Å². The van der Waals surface area contributed by atoms with Gasteiger partial charge in [0.25, 0.3) is 0 Å². The van der Waals surface area contributed by atoms with E-state index in [1.807, 2.05) is 27.7 Å². The lowest BCUT2D eigenvalue weighted by Crippen LogP contribution is -2.28. The quantitative estimate of drug-likeness (QED) is 0.412. The van der Waals surface area contributed by atoms with E-state index < -0.39 is 0 Å². The highest BCUT2D eigenvalue weighted by atomic mass is 14.4. The van der Waals surface area contributed by atoms with E-state index in [0.717, 1.165) is 29.6 Å². The molecule has 0 aromatic heterocycles. The fourth-order valence-electron chi connectivity index (χ4n) is 3.56. The first kappa shape index (κ1) is 28.8. The van der Waals surface area contributed by atoms with Crippen LogP contribution in [-0.2, 0) is 0 Å². The second-order valence-corrected chi connectivity index (χ2v) is 7.76. The van der Waals surface area contributed by atoms with Crippen LogP contribution in [0.15, 0.2) is 0 Å². The molecule has 0 bridgehead atoms. The van der Waals surface area contributed by atoms with Crippen molar-refractivity contribution in [3.63, 3.8) is 0 Å². The molecular weight excluding hydrogens is 288 g/mol. The molecule has 0 nitrogen and oxygen atoms in total. The monoisotopic (exact) mass is 342 g/mol. The fraction of sp³-hybridized carbons (Fsp3) is 1.00. The average molecular weight is 343 g/mol. The summed E-state index contributed by atoms with van der Waals surface area (Å²) in [6, 6.07) is 0. The second-order valence-electron chi connectivity index (χ2n) is 7.76. The van der Waals surface area contributed by atoms with E-state index in [0.29, 0.717) is 0 Å². The lowest BCUT2D eigenvalue weighted by atomic mass is 9.67. The van der Waals surface area contributed by atoms with Gasteiger partial charge >= 0.3 is 0 Å². The van der Waals surface area contributed by atoms with E-state index >= 15 is 0 Å². The number of rotatable bonds is 8. The first-order valence-electron chi connectivity index (χ1n) is 11.4. The van der Waals surface area contributed by atoms with Crippen molar-refractivity contribution in [2.45, 2.75) is 128 Å². The van der Waals surface area contributed by atoms with Gasteiger partial charge in [-0.05, 0) is 55.3 Å². The average Bonchev–Trinajstić information content (AvgIpc) is 2.56. The predicted octanol–water partition coefficient (Wildman–Crippen LogP) is 9.38. The van der Waals surface area contributed by atoms with Gasteiger partial charge in [0.05, 0.1) is 0 Å². The largest absolute Gasteiger partial charge is 0.0683 e. The Kier molecular flexibility index (Phi) is 25.2. The number of hydrogen-bond acceptors (Lipinski definition) is 0. The molecule has 1 saturated carbocycles. The van der Waals surface area contributed by atoms with Gasteiger partial charge in [-0.3, -0.25) is 0 Å². The summed E-state index contributed by atoms with van der Waals surface area (Å²) in [4.78, 5) is 0. The third-order valence-corrected chi connectivity index (χ3v) is 5.20. The van der Waals surface area contributed by atoms with Crippen molar-refractivity contribution < 1.29 is 0 Å². The smallest absolute Gasteiger partial charge is 0.0383 e. The minimum Gasteiger partial charge on any atom is -0.0683 e. The van der Waals surface area contributed by atoms with Crippen LogP contribution in [0.5, 0.6) is 0 Å². The van der Waals surface area contributed by atoms with Crippen molar-refractivity contribution in [1.82, 2.24) is 0 Å². The van der Waals surface area contributed by atoms with Crippen molar-refractivity contribution in [1.29, 1.82) is 0 Å². The molecule has 1 aliphatic carbocycles. The summed E-state index contributed by atoms with van der Waals surface area (Å²) in [6.07, 6.45) is 11.3. The normalized spacial score (nSPS) is 22.1. The Morgan fingerprint density at radius 2 is 1.21 bits per heavy atom. The summed E-state index contributed by atoms with van der Waals surface area (Å²) in [5.74, 6) is 4.90. The summed E-state index contributed by atoms with van der Waals surface area (Å²) in [6.45, 7) is 24.5. The van der Waals surface area contributed by atoms with Crippen LogP contribution in [0.3, 0.4) is 0 Å². The van der Waals surface area contributed by atoms with Gasteiger partial charge in [0, 0.05) is 0 Å². The van der Waals surface area contributed by atoms with Gasteiger partial charge in [-0.1, -0.05) is 102 Å². The Morgan fingerprint density at radius 3 is 1.50 bits per heavy atom. The topological polar surface area (TPSA) is 0 Å². The molecule has 150 valence electrons. The van der Waals surface area contributed by atoms with Gasteiger partial charge in [0.15, 0.2) is 0 Å². The lowest BCUT2D eigenvalue weighted by molar-refractivity contribution is 0.126. The summed E-state index contributed by atoms with van der Waals surface area (Å²) >= 11 is 0. The molecule has 0 heteroatoms. The molecule has 1 rings (SSSR count). The Bertz CT molecular complexity index is 200. The van der Waals surface area contributed by atoms with Crippen LogP contribution in [0, 0.1) is 29.6 Å². The summed E-state index contributed by atoms with van der Waals surface area (Å²) in [7, 11) is 0. The third-order valence-electron chi connectivity index (χ3n) is 5.20. The summed E-state index contributed by atoms with van der Waals surface area (Å²) < 4.78 is 0. The van der Waals surface area contributed by atoms with Crippen LogP contribution in [0.4, 0.5) is 0 Å². The number of unbranched alkanes of at least 4 members (excludes halogenated alkanes) is 2. The van der Waals surface area contributed by atoms with Crippen LogP contribution < -0.4 is 0 Å². The minimum atomic E-state index is 0.924. The van der Waals surface area contributed by atoms with Crippen molar-refractivity contribution in [2.75, 3.05) is 0 Å². The van der Waals surface area contributed by atoms with Gasteiger partial charge in [0.2, 0.25) is 0 Å². The van der Waals surface area contributed by atoms with Gasteiger partial charge in [-0.15, -0.1) is 0 Å². The summed E-state index contributed by atoms with van der Waals surface area (Å²) in [5.41, 5.74) is 0. The molecule has 1 aliphatic rings. The zero-order valence-corrected chi connectivity index (χ0v) is 19.5. The Morgan fingerprint density at radius 1 is 0.750 bits per heavy atom. The van der Waals surface area contributed by atoms with Crippen molar-refractivity contribution in [3.05, 3.63) is 0 Å². The van der Waals surface area contributed by atoms with Gasteiger partial charge in [-0.25, -0.2) is 0 Å². The molecule has 0 aliphatic heterocycles. The van der Waals surface area contributed by atoms with E-state index in [1.165, 1.54) is 51.4 Å². The maximum absolute atomic E-state index is 2.48. The molecular formula is C24H54. The molecule has 0 aromatic carbocycles. The van der Waals surface area contributed by atoms with Crippen molar-refractivity contribution in [3.8, 4) is 0 Å². The first-order chi connectivity index (χ1) is 11.4. The molecule has 0 N–H and O–H groups in total. The molecule has 3 atom stereocenters. The molecule has 1 fully saturated rings. The zero-order chi connectivity index (χ0) is 19.5. The highest BCUT2D eigenvalue weighted by molar-refractivity contribution is 4.81. The van der Waals surface area contributed by atoms with E-state index in [4.69, 9.17) is 0 Å². The Labute approximate surface area is 157 Å². The molecule has 0 spiro atoms. The fourth-order valence-corrected chi connectivity index (χ4v) is 3.56. The maximum atomic E-state index is 2.48. The minimum absolute atomic E-state index is 0.924. The van der Waals surface area contributed by atoms with E-state index in [1.54, 1.807) is 0 Å². The van der Waals surface area contributed by atoms with E-state index in [9.17, 15) is 0 Å². The van der Waals surface area contributed by atoms with Crippen molar-refractivity contribution in [2.24, 2.45) is 29.6 Å². The Hall–Kier alpha value is 0. The van der Waals surface area contributed by atoms with Crippen LogP contribution in [-0.4, -0.2) is 0 Å². The second kappa shape index (κ2) is 21.0. The maximum Gasteiger partial charge on any atom is -0.0383 e. The highest BCUT2D eigenvalue weighted by Crippen LogP contribution is 2.41. The highest BCUT2D eigenvalue weighted by Gasteiger charge is 2.30. The summed E-state index contributed by atoms with van der Waals surface area (Å²) in [5, 5.41) is 0. The Balaban J connectivity index is -0.000000413. The standard InChI is InChI=1S/C15H30.C5H12.2C2H6/c1-6-11(2)7-12(3)8-14(5)15-9-13(4)10-15;1-3-5-4-2;2*1-2/h11-15H,6-10H2,1-5H3;3-5H2,1-2H3;2*1-2H3. The van der Waals surface area contributed by atoms with Crippen LogP contribution in [0.2, 0.25) is 0 Å². The number of hydrogen-bond donors (Lipinski definition) is 0. The third kappa shape index (κ3) is 16.8.